The zero-order chi connectivity index (χ0) is 22.6. The first-order chi connectivity index (χ1) is 14.9. The first-order valence-electron chi connectivity index (χ1n) is 10.8. The molecule has 0 radical (unpaired) electrons. The van der Waals surface area contributed by atoms with Gasteiger partial charge < -0.3 is 19.0 Å². The molecule has 0 bridgehead atoms. The lowest BCUT2D eigenvalue weighted by atomic mass is 10.1. The maximum absolute atomic E-state index is 6.06. The predicted molar refractivity (Wildman–Crippen MR) is 127 cm³/mol. The summed E-state index contributed by atoms with van der Waals surface area (Å²) < 4.78 is 17.8. The Morgan fingerprint density at radius 3 is 2.32 bits per heavy atom. The van der Waals surface area contributed by atoms with Crippen LogP contribution in [-0.4, -0.2) is 32.1 Å². The SMILES string of the molecule is C/C=C/COc1cc(C)c(OCCCC(C)Oc2ccc(C(C)=NOC)cc2)c(C)c1. The molecule has 0 heterocycles. The van der Waals surface area contributed by atoms with Gasteiger partial charge in [-0.25, -0.2) is 0 Å². The number of benzene rings is 2. The number of allylic oxidation sites excluding steroid dienone is 1. The summed E-state index contributed by atoms with van der Waals surface area (Å²) in [5.41, 5.74) is 4.03. The van der Waals surface area contributed by atoms with E-state index in [2.05, 4.69) is 25.9 Å². The summed E-state index contributed by atoms with van der Waals surface area (Å²) in [4.78, 5) is 4.82. The third kappa shape index (κ3) is 8.00. The molecule has 1 unspecified atom stereocenters. The summed E-state index contributed by atoms with van der Waals surface area (Å²) in [5.74, 6) is 2.66. The molecule has 31 heavy (non-hydrogen) atoms. The van der Waals surface area contributed by atoms with Gasteiger partial charge >= 0.3 is 0 Å². The van der Waals surface area contributed by atoms with E-state index in [1.807, 2.05) is 62.4 Å². The number of oxime groups is 1. The van der Waals surface area contributed by atoms with Crippen LogP contribution >= 0.6 is 0 Å². The molecule has 1 atom stereocenters. The quantitative estimate of drug-likeness (QED) is 0.174. The van der Waals surface area contributed by atoms with E-state index in [4.69, 9.17) is 19.0 Å². The van der Waals surface area contributed by atoms with Crippen LogP contribution in [0.5, 0.6) is 17.2 Å². The molecule has 0 spiro atoms. The van der Waals surface area contributed by atoms with E-state index in [1.54, 1.807) is 7.11 Å². The van der Waals surface area contributed by atoms with Crippen LogP contribution in [0.4, 0.5) is 0 Å². The van der Waals surface area contributed by atoms with Gasteiger partial charge in [0.25, 0.3) is 0 Å². The highest BCUT2D eigenvalue weighted by Crippen LogP contribution is 2.29. The van der Waals surface area contributed by atoms with Gasteiger partial charge in [0.1, 0.15) is 31.0 Å². The van der Waals surface area contributed by atoms with Crippen molar-refractivity contribution in [3.05, 3.63) is 65.2 Å². The third-order valence-electron chi connectivity index (χ3n) is 4.85. The maximum Gasteiger partial charge on any atom is 0.125 e. The van der Waals surface area contributed by atoms with Crippen molar-refractivity contribution in [3.8, 4) is 17.2 Å². The Morgan fingerprint density at radius 1 is 1.03 bits per heavy atom. The molecule has 0 amide bonds. The molecule has 0 N–H and O–H groups in total. The molecular weight excluding hydrogens is 390 g/mol. The molecule has 2 rings (SSSR count). The average molecular weight is 426 g/mol. The van der Waals surface area contributed by atoms with Gasteiger partial charge in [0, 0.05) is 0 Å². The Morgan fingerprint density at radius 2 is 1.71 bits per heavy atom. The first-order valence-corrected chi connectivity index (χ1v) is 10.8. The highest BCUT2D eigenvalue weighted by Gasteiger charge is 2.09. The van der Waals surface area contributed by atoms with Gasteiger partial charge in [-0.1, -0.05) is 17.3 Å². The Kier molecular flexibility index (Phi) is 9.95. The number of aryl methyl sites for hydroxylation is 2. The minimum Gasteiger partial charge on any atom is -0.493 e. The van der Waals surface area contributed by atoms with Crippen molar-refractivity contribution < 1.29 is 19.0 Å². The van der Waals surface area contributed by atoms with Crippen molar-refractivity contribution in [3.63, 3.8) is 0 Å². The van der Waals surface area contributed by atoms with Crippen LogP contribution in [0.1, 0.15) is 50.3 Å². The molecule has 0 saturated heterocycles. The number of nitrogens with zero attached hydrogens (tertiary/aromatic N) is 1. The van der Waals surface area contributed by atoms with Gasteiger partial charge in [-0.15, -0.1) is 0 Å². The summed E-state index contributed by atoms with van der Waals surface area (Å²) in [6.07, 6.45) is 5.90. The standard InChI is InChI=1S/C26H35NO4/c1-7-8-15-29-25-17-19(2)26(20(3)18-25)30-16-9-10-21(4)31-24-13-11-23(12-14-24)22(5)27-28-6/h7-8,11-14,17-18,21H,9-10,15-16H2,1-6H3/b8-7+,27-22?. The molecule has 0 fully saturated rings. The maximum atomic E-state index is 6.06. The first kappa shape index (κ1) is 24.3. The van der Waals surface area contributed by atoms with Crippen LogP contribution in [0.25, 0.3) is 0 Å². The molecule has 0 aromatic heterocycles. The van der Waals surface area contributed by atoms with Gasteiger partial charge in [-0.2, -0.15) is 0 Å². The van der Waals surface area contributed by atoms with Crippen molar-refractivity contribution in [1.29, 1.82) is 0 Å². The second kappa shape index (κ2) is 12.7. The van der Waals surface area contributed by atoms with E-state index in [-0.39, 0.29) is 6.10 Å². The van der Waals surface area contributed by atoms with Crippen LogP contribution in [0.15, 0.2) is 53.7 Å². The zero-order valence-electron chi connectivity index (χ0n) is 19.6. The van der Waals surface area contributed by atoms with Gasteiger partial charge in [-0.05, 0) is 101 Å². The van der Waals surface area contributed by atoms with Gasteiger partial charge in [0.15, 0.2) is 0 Å². The second-order valence-electron chi connectivity index (χ2n) is 7.57. The summed E-state index contributed by atoms with van der Waals surface area (Å²) in [6.45, 7) is 11.3. The smallest absolute Gasteiger partial charge is 0.125 e. The highest BCUT2D eigenvalue weighted by molar-refractivity contribution is 5.98. The van der Waals surface area contributed by atoms with E-state index >= 15 is 0 Å². The zero-order valence-corrected chi connectivity index (χ0v) is 19.6. The predicted octanol–water partition coefficient (Wildman–Crippen LogP) is 6.26. The molecule has 2 aromatic rings. The summed E-state index contributed by atoms with van der Waals surface area (Å²) in [7, 11) is 1.55. The molecule has 0 aliphatic carbocycles. The Labute approximate surface area is 186 Å². The van der Waals surface area contributed by atoms with Crippen LogP contribution in [-0.2, 0) is 4.84 Å². The lowest BCUT2D eigenvalue weighted by molar-refractivity contribution is 0.193. The third-order valence-corrected chi connectivity index (χ3v) is 4.85. The van der Waals surface area contributed by atoms with E-state index in [0.29, 0.717) is 13.2 Å². The Hall–Kier alpha value is -2.95. The average Bonchev–Trinajstić information content (AvgIpc) is 2.73. The van der Waals surface area contributed by atoms with Crippen LogP contribution in [0, 0.1) is 13.8 Å². The summed E-state index contributed by atoms with van der Waals surface area (Å²) in [5, 5.41) is 3.95. The number of hydrogen-bond donors (Lipinski definition) is 0. The lowest BCUT2D eigenvalue weighted by Gasteiger charge is -2.17. The number of rotatable bonds is 12. The monoisotopic (exact) mass is 425 g/mol. The van der Waals surface area contributed by atoms with Crippen LogP contribution in [0.2, 0.25) is 0 Å². The fraction of sp³-hybridized carbons (Fsp3) is 0.423. The summed E-state index contributed by atoms with van der Waals surface area (Å²) in [6, 6.07) is 12.0. The molecule has 5 nitrogen and oxygen atoms in total. The van der Waals surface area contributed by atoms with Crippen molar-refractivity contribution in [1.82, 2.24) is 0 Å². The summed E-state index contributed by atoms with van der Waals surface area (Å²) >= 11 is 0. The molecule has 0 aliphatic heterocycles. The second-order valence-corrected chi connectivity index (χ2v) is 7.57. The van der Waals surface area contributed by atoms with Crippen molar-refractivity contribution >= 4 is 5.71 Å². The van der Waals surface area contributed by atoms with Crippen LogP contribution < -0.4 is 14.2 Å². The Bertz CT molecular complexity index is 848. The van der Waals surface area contributed by atoms with Gasteiger partial charge in [-0.3, -0.25) is 0 Å². The van der Waals surface area contributed by atoms with Crippen molar-refractivity contribution in [2.45, 2.75) is 53.6 Å². The molecule has 0 saturated carbocycles. The van der Waals surface area contributed by atoms with Crippen molar-refractivity contribution in [2.75, 3.05) is 20.3 Å². The molecule has 2 aromatic carbocycles. The van der Waals surface area contributed by atoms with Gasteiger partial charge in [0.2, 0.25) is 0 Å². The fourth-order valence-electron chi connectivity index (χ4n) is 3.26. The molecule has 168 valence electrons. The molecular formula is C26H35NO4. The topological polar surface area (TPSA) is 49.3 Å². The largest absolute Gasteiger partial charge is 0.493 e. The number of ether oxygens (including phenoxy) is 3. The minimum absolute atomic E-state index is 0.104. The van der Waals surface area contributed by atoms with Gasteiger partial charge in [0.05, 0.1) is 18.4 Å². The van der Waals surface area contributed by atoms with E-state index in [1.165, 1.54) is 0 Å². The Balaban J connectivity index is 1.78. The van der Waals surface area contributed by atoms with E-state index in [0.717, 1.165) is 52.5 Å². The molecule has 5 heteroatoms. The number of hydrogen-bond acceptors (Lipinski definition) is 5. The van der Waals surface area contributed by atoms with Crippen LogP contribution in [0.3, 0.4) is 0 Å². The fourth-order valence-corrected chi connectivity index (χ4v) is 3.26. The van der Waals surface area contributed by atoms with E-state index in [9.17, 15) is 0 Å². The minimum atomic E-state index is 0.104. The normalized spacial score (nSPS) is 12.6. The molecule has 0 aliphatic rings. The van der Waals surface area contributed by atoms with Crippen molar-refractivity contribution in [2.24, 2.45) is 5.16 Å². The highest BCUT2D eigenvalue weighted by atomic mass is 16.6. The van der Waals surface area contributed by atoms with E-state index < -0.39 is 0 Å². The lowest BCUT2D eigenvalue weighted by Crippen LogP contribution is -2.13.